The van der Waals surface area contributed by atoms with Crippen LogP contribution in [0.3, 0.4) is 0 Å². The van der Waals surface area contributed by atoms with Crippen LogP contribution in [0.4, 0.5) is 4.79 Å². The molecule has 0 radical (unpaired) electrons. The van der Waals surface area contributed by atoms with Gasteiger partial charge in [-0.3, -0.25) is 4.79 Å². The number of carbonyl (C=O) groups is 1. The summed E-state index contributed by atoms with van der Waals surface area (Å²) in [4.78, 5) is 12.3. The lowest BCUT2D eigenvalue weighted by molar-refractivity contribution is 0.230. The molecule has 0 saturated heterocycles. The van der Waals surface area contributed by atoms with E-state index in [0.29, 0.717) is 6.54 Å². The lowest BCUT2D eigenvalue weighted by Crippen LogP contribution is -2.20. The number of amides is 1. The van der Waals surface area contributed by atoms with Gasteiger partial charge in [0.15, 0.2) is 0 Å². The molecule has 0 heterocycles. The first-order chi connectivity index (χ1) is 7.04. The van der Waals surface area contributed by atoms with Crippen LogP contribution in [0.2, 0.25) is 0 Å². The van der Waals surface area contributed by atoms with E-state index >= 15 is 0 Å². The normalized spacial score (nSPS) is 9.87. The van der Waals surface area contributed by atoms with Crippen LogP contribution in [0, 0.1) is 0 Å². The monoisotopic (exact) mass is 291 g/mol. The predicted molar refractivity (Wildman–Crippen MR) is 63.4 cm³/mol. The van der Waals surface area contributed by atoms with E-state index in [-0.39, 0.29) is 0 Å². The molecule has 5 heteroatoms. The number of rotatable bonds is 3. The number of hydrogen-bond donors (Lipinski definition) is 0. The van der Waals surface area contributed by atoms with Gasteiger partial charge >= 0.3 is 5.37 Å². The summed E-state index contributed by atoms with van der Waals surface area (Å²) < 4.78 is 6.12. The fraction of sp³-hybridized carbons (Fsp3) is 0.300. The topological polar surface area (TPSA) is 29.5 Å². The number of methoxy groups -OCH3 is 1. The van der Waals surface area contributed by atoms with E-state index < -0.39 is 5.37 Å². The zero-order chi connectivity index (χ0) is 11.4. The maximum absolute atomic E-state index is 10.9. The third-order valence-electron chi connectivity index (χ3n) is 1.95. The maximum Gasteiger partial charge on any atom is 0.316 e. The summed E-state index contributed by atoms with van der Waals surface area (Å²) in [6, 6.07) is 5.62. The number of benzene rings is 1. The van der Waals surface area contributed by atoms with E-state index in [9.17, 15) is 4.79 Å². The van der Waals surface area contributed by atoms with Gasteiger partial charge < -0.3 is 9.64 Å². The Morgan fingerprint density at radius 3 is 2.80 bits per heavy atom. The van der Waals surface area contributed by atoms with E-state index in [0.717, 1.165) is 15.8 Å². The van der Waals surface area contributed by atoms with Gasteiger partial charge in [-0.25, -0.2) is 0 Å². The Bertz CT molecular complexity index is 370. The van der Waals surface area contributed by atoms with Crippen molar-refractivity contribution >= 4 is 32.9 Å². The highest BCUT2D eigenvalue weighted by Gasteiger charge is 2.09. The van der Waals surface area contributed by atoms with Crippen molar-refractivity contribution < 1.29 is 9.53 Å². The Balaban J connectivity index is 2.91. The molecule has 1 amide bonds. The molecule has 0 atom stereocenters. The van der Waals surface area contributed by atoms with Crippen molar-refractivity contribution in [1.29, 1.82) is 0 Å². The lowest BCUT2D eigenvalue weighted by atomic mass is 10.2. The van der Waals surface area contributed by atoms with Gasteiger partial charge in [0.05, 0.1) is 13.7 Å². The SMILES string of the molecule is COc1ccc(Br)cc1CN(C)C(=O)Cl. The second kappa shape index (κ2) is 5.37. The van der Waals surface area contributed by atoms with Crippen LogP contribution in [0.5, 0.6) is 5.75 Å². The average Bonchev–Trinajstić information content (AvgIpc) is 2.18. The molecule has 0 bridgehead atoms. The van der Waals surface area contributed by atoms with Gasteiger partial charge in [-0.15, -0.1) is 0 Å². The fourth-order valence-electron chi connectivity index (χ4n) is 1.19. The molecule has 82 valence electrons. The molecule has 0 aliphatic heterocycles. The third kappa shape index (κ3) is 3.39. The van der Waals surface area contributed by atoms with Crippen molar-refractivity contribution in [2.24, 2.45) is 0 Å². The minimum atomic E-state index is -0.489. The van der Waals surface area contributed by atoms with Crippen LogP contribution in [0.1, 0.15) is 5.56 Å². The van der Waals surface area contributed by atoms with Gasteiger partial charge in [-0.1, -0.05) is 15.9 Å². The zero-order valence-corrected chi connectivity index (χ0v) is 10.8. The minimum Gasteiger partial charge on any atom is -0.496 e. The standard InChI is InChI=1S/C10H11BrClNO2/c1-13(10(12)14)6-7-5-8(11)3-4-9(7)15-2/h3-5H,6H2,1-2H3. The molecule has 0 aliphatic carbocycles. The largest absolute Gasteiger partial charge is 0.496 e. The van der Waals surface area contributed by atoms with Crippen LogP contribution < -0.4 is 4.74 Å². The van der Waals surface area contributed by atoms with Crippen molar-refractivity contribution in [2.75, 3.05) is 14.2 Å². The zero-order valence-electron chi connectivity index (χ0n) is 8.46. The number of ether oxygens (including phenoxy) is 1. The first-order valence-electron chi connectivity index (χ1n) is 4.27. The van der Waals surface area contributed by atoms with E-state index in [2.05, 4.69) is 15.9 Å². The van der Waals surface area contributed by atoms with E-state index in [4.69, 9.17) is 16.3 Å². The second-order valence-corrected chi connectivity index (χ2v) is 4.30. The summed E-state index contributed by atoms with van der Waals surface area (Å²) in [5, 5.41) is -0.489. The molecule has 1 aromatic rings. The Labute approximate surface area is 102 Å². The van der Waals surface area contributed by atoms with E-state index in [1.165, 1.54) is 4.90 Å². The fourth-order valence-corrected chi connectivity index (χ4v) is 1.66. The molecule has 0 saturated carbocycles. The predicted octanol–water partition coefficient (Wildman–Crippen LogP) is 3.25. The highest BCUT2D eigenvalue weighted by Crippen LogP contribution is 2.24. The smallest absolute Gasteiger partial charge is 0.316 e. The van der Waals surface area contributed by atoms with Crippen LogP contribution in [0.25, 0.3) is 0 Å². The molecular formula is C10H11BrClNO2. The van der Waals surface area contributed by atoms with Crippen molar-refractivity contribution in [3.8, 4) is 5.75 Å². The van der Waals surface area contributed by atoms with Gasteiger partial charge in [0, 0.05) is 17.1 Å². The third-order valence-corrected chi connectivity index (χ3v) is 2.73. The first kappa shape index (κ1) is 12.3. The van der Waals surface area contributed by atoms with Crippen molar-refractivity contribution in [1.82, 2.24) is 4.90 Å². The summed E-state index contributed by atoms with van der Waals surface area (Å²) in [6.45, 7) is 0.422. The van der Waals surface area contributed by atoms with Crippen LogP contribution >= 0.6 is 27.5 Å². The molecule has 1 rings (SSSR count). The molecule has 15 heavy (non-hydrogen) atoms. The Kier molecular flexibility index (Phi) is 4.42. The highest BCUT2D eigenvalue weighted by atomic mass is 79.9. The summed E-state index contributed by atoms with van der Waals surface area (Å²) in [6.07, 6.45) is 0. The highest BCUT2D eigenvalue weighted by molar-refractivity contribution is 9.10. The Morgan fingerprint density at radius 1 is 1.60 bits per heavy atom. The van der Waals surface area contributed by atoms with Crippen molar-refractivity contribution in [3.63, 3.8) is 0 Å². The summed E-state index contributed by atoms with van der Waals surface area (Å²) in [5.74, 6) is 0.739. The Morgan fingerprint density at radius 2 is 2.27 bits per heavy atom. The first-order valence-corrected chi connectivity index (χ1v) is 5.44. The van der Waals surface area contributed by atoms with E-state index in [1.54, 1.807) is 14.2 Å². The summed E-state index contributed by atoms with van der Waals surface area (Å²) in [5.41, 5.74) is 0.906. The molecule has 0 spiro atoms. The molecule has 1 aromatic carbocycles. The van der Waals surface area contributed by atoms with Crippen molar-refractivity contribution in [2.45, 2.75) is 6.54 Å². The van der Waals surface area contributed by atoms with Crippen LogP contribution in [-0.2, 0) is 6.54 Å². The quantitative estimate of drug-likeness (QED) is 0.632. The van der Waals surface area contributed by atoms with Crippen LogP contribution in [-0.4, -0.2) is 24.4 Å². The van der Waals surface area contributed by atoms with Crippen molar-refractivity contribution in [3.05, 3.63) is 28.2 Å². The Hall–Kier alpha value is -0.740. The van der Waals surface area contributed by atoms with Gasteiger partial charge in [-0.05, 0) is 29.8 Å². The molecular weight excluding hydrogens is 281 g/mol. The molecule has 3 nitrogen and oxygen atoms in total. The number of nitrogens with zero attached hydrogens (tertiary/aromatic N) is 1. The summed E-state index contributed by atoms with van der Waals surface area (Å²) in [7, 11) is 3.23. The summed E-state index contributed by atoms with van der Waals surface area (Å²) >= 11 is 8.71. The molecule has 0 aromatic heterocycles. The van der Waals surface area contributed by atoms with Gasteiger partial charge in [0.1, 0.15) is 5.75 Å². The maximum atomic E-state index is 10.9. The molecule has 0 aliphatic rings. The number of halogens is 2. The van der Waals surface area contributed by atoms with E-state index in [1.807, 2.05) is 18.2 Å². The minimum absolute atomic E-state index is 0.422. The molecule has 0 unspecified atom stereocenters. The van der Waals surface area contributed by atoms with Crippen LogP contribution in [0.15, 0.2) is 22.7 Å². The average molecular weight is 293 g/mol. The number of carbonyl (C=O) groups excluding carboxylic acids is 1. The molecule has 0 fully saturated rings. The number of hydrogen-bond acceptors (Lipinski definition) is 2. The lowest BCUT2D eigenvalue weighted by Gasteiger charge is -2.15. The van der Waals surface area contributed by atoms with Gasteiger partial charge in [0.2, 0.25) is 0 Å². The van der Waals surface area contributed by atoms with Gasteiger partial charge in [-0.2, -0.15) is 0 Å². The molecule has 0 N–H and O–H groups in total. The second-order valence-electron chi connectivity index (χ2n) is 3.07. The van der Waals surface area contributed by atoms with Gasteiger partial charge in [0.25, 0.3) is 0 Å².